The van der Waals surface area contributed by atoms with E-state index in [1.807, 2.05) is 17.5 Å². The molecule has 3 aromatic carbocycles. The molecule has 4 aromatic rings. The zero-order valence-electron chi connectivity index (χ0n) is 13.8. The number of carbonyl (C=O) groups is 1. The summed E-state index contributed by atoms with van der Waals surface area (Å²) in [6.07, 6.45) is 0. The molecular weight excluding hydrogens is 346 g/mol. The minimum atomic E-state index is -0.948. The Bertz CT molecular complexity index is 1070. The predicted molar refractivity (Wildman–Crippen MR) is 103 cm³/mol. The van der Waals surface area contributed by atoms with E-state index in [1.54, 1.807) is 23.5 Å². The first kappa shape index (κ1) is 16.3. The number of thiazole rings is 1. The number of rotatable bonds is 5. The third-order valence-corrected chi connectivity index (χ3v) is 4.88. The summed E-state index contributed by atoms with van der Waals surface area (Å²) >= 11 is 1.55. The van der Waals surface area contributed by atoms with Gasteiger partial charge in [0.1, 0.15) is 17.4 Å². The van der Waals surface area contributed by atoms with Gasteiger partial charge in [-0.25, -0.2) is 9.78 Å². The number of benzene rings is 3. The molecule has 0 aliphatic rings. The summed E-state index contributed by atoms with van der Waals surface area (Å²) < 4.78 is 5.70. The summed E-state index contributed by atoms with van der Waals surface area (Å²) in [5.74, 6) is -0.325. The van der Waals surface area contributed by atoms with E-state index >= 15 is 0 Å². The first-order valence-corrected chi connectivity index (χ1v) is 8.97. The normalized spacial score (nSPS) is 10.8. The molecule has 4 rings (SSSR count). The molecular formula is C21H15NO3S. The third-order valence-electron chi connectivity index (χ3n) is 4.06. The number of ether oxygens (including phenoxy) is 1. The molecule has 0 unspecified atom stereocenters. The van der Waals surface area contributed by atoms with Crippen molar-refractivity contribution in [3.63, 3.8) is 0 Å². The van der Waals surface area contributed by atoms with Crippen molar-refractivity contribution >= 4 is 28.1 Å². The number of nitrogens with zero attached hydrogens (tertiary/aromatic N) is 1. The molecule has 1 aromatic heterocycles. The molecule has 0 aliphatic heterocycles. The summed E-state index contributed by atoms with van der Waals surface area (Å²) in [7, 11) is 0. The topological polar surface area (TPSA) is 59.4 Å². The first-order valence-electron chi connectivity index (χ1n) is 8.09. The Morgan fingerprint density at radius 3 is 2.54 bits per heavy atom. The van der Waals surface area contributed by atoms with Crippen LogP contribution in [0.15, 0.2) is 72.1 Å². The molecule has 0 atom stereocenters. The molecule has 1 N–H and O–H groups in total. The minimum absolute atomic E-state index is 0.241. The molecule has 0 bridgehead atoms. The number of hydrogen-bond acceptors (Lipinski definition) is 4. The van der Waals surface area contributed by atoms with Crippen molar-refractivity contribution in [1.29, 1.82) is 0 Å². The molecule has 26 heavy (non-hydrogen) atoms. The van der Waals surface area contributed by atoms with E-state index < -0.39 is 5.97 Å². The van der Waals surface area contributed by atoms with Gasteiger partial charge in [0.05, 0.1) is 11.3 Å². The SMILES string of the molecule is O=C(O)c1ccc(OCc2nc(-c3ccc4ccccc4c3)cs2)cc1. The first-order chi connectivity index (χ1) is 12.7. The van der Waals surface area contributed by atoms with E-state index in [9.17, 15) is 4.79 Å². The van der Waals surface area contributed by atoms with Crippen molar-refractivity contribution < 1.29 is 14.6 Å². The van der Waals surface area contributed by atoms with Crippen LogP contribution in [0.5, 0.6) is 5.75 Å². The van der Waals surface area contributed by atoms with Gasteiger partial charge in [0.2, 0.25) is 0 Å². The minimum Gasteiger partial charge on any atom is -0.486 e. The number of carboxylic acids is 1. The van der Waals surface area contributed by atoms with Crippen LogP contribution in [0.3, 0.4) is 0 Å². The van der Waals surface area contributed by atoms with Gasteiger partial charge in [-0.2, -0.15) is 0 Å². The van der Waals surface area contributed by atoms with E-state index in [-0.39, 0.29) is 5.56 Å². The lowest BCUT2D eigenvalue weighted by Gasteiger charge is -2.04. The third kappa shape index (κ3) is 3.43. The average molecular weight is 361 g/mol. The summed E-state index contributed by atoms with van der Waals surface area (Å²) in [6, 6.07) is 20.9. The van der Waals surface area contributed by atoms with Crippen LogP contribution < -0.4 is 4.74 Å². The van der Waals surface area contributed by atoms with Gasteiger partial charge in [0, 0.05) is 10.9 Å². The standard InChI is InChI=1S/C21H15NO3S/c23-21(24)15-7-9-18(10-8-15)25-12-20-22-19(13-26-20)17-6-5-14-3-1-2-4-16(14)11-17/h1-11,13H,12H2,(H,23,24). The molecule has 0 saturated carbocycles. The van der Waals surface area contributed by atoms with Crippen molar-refractivity contribution in [2.24, 2.45) is 0 Å². The molecule has 128 valence electrons. The molecule has 0 spiro atoms. The molecule has 0 fully saturated rings. The summed E-state index contributed by atoms with van der Waals surface area (Å²) in [5, 5.41) is 14.2. The zero-order chi connectivity index (χ0) is 17.9. The van der Waals surface area contributed by atoms with Crippen LogP contribution >= 0.6 is 11.3 Å². The van der Waals surface area contributed by atoms with Crippen molar-refractivity contribution in [2.75, 3.05) is 0 Å². The van der Waals surface area contributed by atoms with Crippen LogP contribution in [0, 0.1) is 0 Å². The maximum absolute atomic E-state index is 10.9. The van der Waals surface area contributed by atoms with Crippen LogP contribution in [-0.4, -0.2) is 16.1 Å². The smallest absolute Gasteiger partial charge is 0.335 e. The Morgan fingerprint density at radius 2 is 1.77 bits per heavy atom. The largest absolute Gasteiger partial charge is 0.486 e. The Kier molecular flexibility index (Phi) is 4.37. The van der Waals surface area contributed by atoms with Gasteiger partial charge in [-0.15, -0.1) is 11.3 Å². The summed E-state index contributed by atoms with van der Waals surface area (Å²) in [6.45, 7) is 0.352. The van der Waals surface area contributed by atoms with Crippen LogP contribution in [0.2, 0.25) is 0 Å². The van der Waals surface area contributed by atoms with Crippen LogP contribution in [0.1, 0.15) is 15.4 Å². The van der Waals surface area contributed by atoms with Crippen molar-refractivity contribution in [2.45, 2.75) is 6.61 Å². The van der Waals surface area contributed by atoms with Gasteiger partial charge in [0.25, 0.3) is 0 Å². The van der Waals surface area contributed by atoms with Gasteiger partial charge in [-0.3, -0.25) is 0 Å². The summed E-state index contributed by atoms with van der Waals surface area (Å²) in [4.78, 5) is 15.5. The van der Waals surface area contributed by atoms with E-state index in [1.165, 1.54) is 22.9 Å². The van der Waals surface area contributed by atoms with E-state index in [0.29, 0.717) is 12.4 Å². The molecule has 4 nitrogen and oxygen atoms in total. The number of aromatic nitrogens is 1. The van der Waals surface area contributed by atoms with E-state index in [2.05, 4.69) is 35.3 Å². The van der Waals surface area contributed by atoms with Crippen LogP contribution in [0.4, 0.5) is 0 Å². The molecule has 1 heterocycles. The Balaban J connectivity index is 1.47. The highest BCUT2D eigenvalue weighted by molar-refractivity contribution is 7.09. The highest BCUT2D eigenvalue weighted by Gasteiger charge is 2.07. The van der Waals surface area contributed by atoms with Crippen molar-refractivity contribution in [1.82, 2.24) is 4.98 Å². The lowest BCUT2D eigenvalue weighted by Crippen LogP contribution is -1.97. The average Bonchev–Trinajstić information content (AvgIpc) is 3.15. The highest BCUT2D eigenvalue weighted by atomic mass is 32.1. The fourth-order valence-electron chi connectivity index (χ4n) is 2.70. The highest BCUT2D eigenvalue weighted by Crippen LogP contribution is 2.26. The molecule has 5 heteroatoms. The van der Waals surface area contributed by atoms with Gasteiger partial charge in [0.15, 0.2) is 0 Å². The number of aromatic carboxylic acids is 1. The van der Waals surface area contributed by atoms with E-state index in [4.69, 9.17) is 9.84 Å². The molecule has 0 aliphatic carbocycles. The maximum Gasteiger partial charge on any atom is 0.335 e. The molecule has 0 saturated heterocycles. The van der Waals surface area contributed by atoms with Gasteiger partial charge in [-0.05, 0) is 41.1 Å². The number of carboxylic acid groups (broad SMARTS) is 1. The van der Waals surface area contributed by atoms with Crippen molar-refractivity contribution in [3.05, 3.63) is 82.7 Å². The second kappa shape index (κ2) is 6.98. The van der Waals surface area contributed by atoms with Crippen molar-refractivity contribution in [3.8, 4) is 17.0 Å². The quantitative estimate of drug-likeness (QED) is 0.528. The predicted octanol–water partition coefficient (Wildman–Crippen LogP) is 5.24. The molecule has 0 radical (unpaired) electrons. The number of hydrogen-bond donors (Lipinski definition) is 1. The maximum atomic E-state index is 10.9. The second-order valence-electron chi connectivity index (χ2n) is 5.81. The van der Waals surface area contributed by atoms with E-state index in [0.717, 1.165) is 16.3 Å². The van der Waals surface area contributed by atoms with Crippen LogP contribution in [0.25, 0.3) is 22.0 Å². The zero-order valence-corrected chi connectivity index (χ0v) is 14.6. The monoisotopic (exact) mass is 361 g/mol. The Hall–Kier alpha value is -3.18. The number of fused-ring (bicyclic) bond motifs is 1. The summed E-state index contributed by atoms with van der Waals surface area (Å²) in [5.41, 5.74) is 2.25. The fourth-order valence-corrected chi connectivity index (χ4v) is 3.41. The second-order valence-corrected chi connectivity index (χ2v) is 6.75. The van der Waals surface area contributed by atoms with Gasteiger partial charge < -0.3 is 9.84 Å². The molecule has 0 amide bonds. The van der Waals surface area contributed by atoms with Gasteiger partial charge in [-0.1, -0.05) is 36.4 Å². The lowest BCUT2D eigenvalue weighted by atomic mass is 10.1. The fraction of sp³-hybridized carbons (Fsp3) is 0.0476. The lowest BCUT2D eigenvalue weighted by molar-refractivity contribution is 0.0697. The Morgan fingerprint density at radius 1 is 1.00 bits per heavy atom. The van der Waals surface area contributed by atoms with Gasteiger partial charge >= 0.3 is 5.97 Å². The van der Waals surface area contributed by atoms with Crippen LogP contribution in [-0.2, 0) is 6.61 Å². The Labute approximate surface area is 154 Å².